The summed E-state index contributed by atoms with van der Waals surface area (Å²) in [4.78, 5) is 22.5. The highest BCUT2D eigenvalue weighted by molar-refractivity contribution is 6.30. The molecule has 1 aromatic carbocycles. The number of amides is 1. The number of hydrogen-bond donors (Lipinski definition) is 1. The van der Waals surface area contributed by atoms with Crippen molar-refractivity contribution in [3.63, 3.8) is 0 Å². The number of halogens is 1. The number of aryl methyl sites for hydroxylation is 1. The van der Waals surface area contributed by atoms with Gasteiger partial charge in [-0.15, -0.1) is 0 Å². The smallest absolute Gasteiger partial charge is 0.291 e. The van der Waals surface area contributed by atoms with E-state index in [0.29, 0.717) is 28.6 Å². The molecule has 2 aromatic heterocycles. The van der Waals surface area contributed by atoms with Gasteiger partial charge >= 0.3 is 0 Å². The zero-order chi connectivity index (χ0) is 18.0. The van der Waals surface area contributed by atoms with Crippen LogP contribution in [0.25, 0.3) is 0 Å². The van der Waals surface area contributed by atoms with Gasteiger partial charge in [-0.3, -0.25) is 19.6 Å². The average molecular weight is 361 g/mol. The zero-order valence-corrected chi connectivity index (χ0v) is 13.9. The van der Waals surface area contributed by atoms with Crippen molar-refractivity contribution in [2.24, 2.45) is 0 Å². The van der Waals surface area contributed by atoms with Crippen LogP contribution in [-0.2, 0) is 6.54 Å². The van der Waals surface area contributed by atoms with Crippen LogP contribution in [0.4, 0.5) is 11.4 Å². The van der Waals surface area contributed by atoms with Crippen molar-refractivity contribution in [3.05, 3.63) is 74.9 Å². The summed E-state index contributed by atoms with van der Waals surface area (Å²) in [5.74, 6) is 0.234. The van der Waals surface area contributed by atoms with Crippen molar-refractivity contribution in [3.8, 4) is 0 Å². The molecule has 0 unspecified atom stereocenters. The summed E-state index contributed by atoms with van der Waals surface area (Å²) in [7, 11) is 0. The van der Waals surface area contributed by atoms with Crippen molar-refractivity contribution in [1.29, 1.82) is 0 Å². The minimum atomic E-state index is -0.487. The Kier molecular flexibility index (Phi) is 4.53. The first-order valence-corrected chi connectivity index (χ1v) is 7.63. The second-order valence-electron chi connectivity index (χ2n) is 5.33. The van der Waals surface area contributed by atoms with Crippen molar-refractivity contribution < 1.29 is 14.1 Å². The average Bonchev–Trinajstić information content (AvgIpc) is 3.18. The molecule has 0 saturated heterocycles. The maximum atomic E-state index is 12.3. The van der Waals surface area contributed by atoms with E-state index in [-0.39, 0.29) is 11.4 Å². The van der Waals surface area contributed by atoms with Gasteiger partial charge in [-0.2, -0.15) is 5.10 Å². The number of furan rings is 1. The highest BCUT2D eigenvalue weighted by atomic mass is 35.5. The minimum absolute atomic E-state index is 0.0336. The molecule has 0 spiro atoms. The number of nitro groups is 1. The van der Waals surface area contributed by atoms with E-state index in [0.717, 1.165) is 0 Å². The lowest BCUT2D eigenvalue weighted by Gasteiger charge is -2.06. The number of hydrogen-bond acceptors (Lipinski definition) is 5. The predicted molar refractivity (Wildman–Crippen MR) is 90.8 cm³/mol. The third-order valence-corrected chi connectivity index (χ3v) is 3.67. The van der Waals surface area contributed by atoms with Gasteiger partial charge in [0.25, 0.3) is 11.6 Å². The van der Waals surface area contributed by atoms with E-state index >= 15 is 0 Å². The molecule has 0 aliphatic heterocycles. The summed E-state index contributed by atoms with van der Waals surface area (Å²) < 4.78 is 7.10. The van der Waals surface area contributed by atoms with E-state index < -0.39 is 10.8 Å². The van der Waals surface area contributed by atoms with Gasteiger partial charge in [-0.05, 0) is 30.7 Å². The largest absolute Gasteiger partial charge is 0.454 e. The fraction of sp³-hybridized carbons (Fsp3) is 0.125. The van der Waals surface area contributed by atoms with E-state index in [4.69, 9.17) is 16.0 Å². The Balaban J connectivity index is 1.70. The first-order chi connectivity index (χ1) is 11.9. The Morgan fingerprint density at radius 3 is 2.84 bits per heavy atom. The fourth-order valence-corrected chi connectivity index (χ4v) is 2.41. The molecule has 8 nitrogen and oxygen atoms in total. The quantitative estimate of drug-likeness (QED) is 0.552. The summed E-state index contributed by atoms with van der Waals surface area (Å²) >= 11 is 5.80. The summed E-state index contributed by atoms with van der Waals surface area (Å²) in [5, 5.41) is 18.0. The molecule has 25 heavy (non-hydrogen) atoms. The molecule has 3 aromatic rings. The van der Waals surface area contributed by atoms with Gasteiger partial charge in [0.2, 0.25) is 0 Å². The molecule has 0 saturated carbocycles. The lowest BCUT2D eigenvalue weighted by atomic mass is 10.2. The standard InChI is InChI=1S/C16H13ClN4O4/c1-10-6-12(21(23)24)2-4-14(10)19-16(22)15-5-3-13(25-15)9-20-8-11(17)7-18-20/h2-8H,9H2,1H3,(H,19,22). The first kappa shape index (κ1) is 16.7. The highest BCUT2D eigenvalue weighted by Gasteiger charge is 2.15. The molecular weight excluding hydrogens is 348 g/mol. The van der Waals surface area contributed by atoms with Crippen LogP contribution in [0.3, 0.4) is 0 Å². The zero-order valence-electron chi connectivity index (χ0n) is 13.1. The number of non-ortho nitro benzene ring substituents is 1. The van der Waals surface area contributed by atoms with Gasteiger partial charge in [0, 0.05) is 24.0 Å². The minimum Gasteiger partial charge on any atom is -0.454 e. The van der Waals surface area contributed by atoms with Crippen LogP contribution < -0.4 is 5.32 Å². The van der Waals surface area contributed by atoms with Gasteiger partial charge in [-0.1, -0.05) is 11.6 Å². The molecule has 2 heterocycles. The van der Waals surface area contributed by atoms with Crippen LogP contribution in [0.1, 0.15) is 21.9 Å². The van der Waals surface area contributed by atoms with Gasteiger partial charge in [0.1, 0.15) is 5.76 Å². The number of nitrogens with zero attached hydrogens (tertiary/aromatic N) is 3. The van der Waals surface area contributed by atoms with Crippen molar-refractivity contribution in [2.45, 2.75) is 13.5 Å². The molecule has 1 N–H and O–H groups in total. The van der Waals surface area contributed by atoms with E-state index in [1.807, 2.05) is 0 Å². The van der Waals surface area contributed by atoms with Crippen molar-refractivity contribution >= 4 is 28.9 Å². The maximum absolute atomic E-state index is 12.3. The lowest BCUT2D eigenvalue weighted by molar-refractivity contribution is -0.384. The number of carbonyl (C=O) groups is 1. The Hall–Kier alpha value is -3.13. The van der Waals surface area contributed by atoms with Crippen LogP contribution in [0, 0.1) is 17.0 Å². The molecule has 0 aliphatic carbocycles. The molecule has 0 bridgehead atoms. The molecule has 0 atom stereocenters. The van der Waals surface area contributed by atoms with Crippen LogP contribution >= 0.6 is 11.6 Å². The monoisotopic (exact) mass is 360 g/mol. The van der Waals surface area contributed by atoms with Gasteiger partial charge < -0.3 is 9.73 Å². The Morgan fingerprint density at radius 1 is 1.40 bits per heavy atom. The van der Waals surface area contributed by atoms with E-state index in [9.17, 15) is 14.9 Å². The number of rotatable bonds is 5. The predicted octanol–water partition coefficient (Wildman–Crippen LogP) is 3.65. The highest BCUT2D eigenvalue weighted by Crippen LogP contribution is 2.22. The third kappa shape index (κ3) is 3.86. The molecule has 0 radical (unpaired) electrons. The van der Waals surface area contributed by atoms with E-state index in [1.165, 1.54) is 24.4 Å². The molecule has 3 rings (SSSR count). The van der Waals surface area contributed by atoms with Gasteiger partial charge in [-0.25, -0.2) is 0 Å². The van der Waals surface area contributed by atoms with Crippen molar-refractivity contribution in [1.82, 2.24) is 9.78 Å². The van der Waals surface area contributed by atoms with E-state index in [2.05, 4.69) is 10.4 Å². The number of nitrogens with one attached hydrogen (secondary N) is 1. The summed E-state index contributed by atoms with van der Waals surface area (Å²) in [6.45, 7) is 2.02. The topological polar surface area (TPSA) is 103 Å². The first-order valence-electron chi connectivity index (χ1n) is 7.25. The number of nitro benzene ring substituents is 1. The second kappa shape index (κ2) is 6.78. The van der Waals surface area contributed by atoms with Gasteiger partial charge in [0.05, 0.1) is 22.7 Å². The number of anilines is 1. The number of carbonyl (C=O) groups excluding carboxylic acids is 1. The third-order valence-electron chi connectivity index (χ3n) is 3.47. The van der Waals surface area contributed by atoms with Crippen LogP contribution in [0.2, 0.25) is 5.02 Å². The Morgan fingerprint density at radius 2 is 2.20 bits per heavy atom. The molecule has 128 valence electrons. The Bertz CT molecular complexity index is 947. The van der Waals surface area contributed by atoms with Crippen LogP contribution in [0.15, 0.2) is 47.1 Å². The summed E-state index contributed by atoms with van der Waals surface area (Å²) in [6.07, 6.45) is 3.15. The second-order valence-corrected chi connectivity index (χ2v) is 5.77. The molecule has 0 aliphatic rings. The number of aromatic nitrogens is 2. The SMILES string of the molecule is Cc1cc([N+](=O)[O-])ccc1NC(=O)c1ccc(Cn2cc(Cl)cn2)o1. The molecule has 0 fully saturated rings. The van der Waals surface area contributed by atoms with Crippen molar-refractivity contribution in [2.75, 3.05) is 5.32 Å². The lowest BCUT2D eigenvalue weighted by Crippen LogP contribution is -2.12. The normalized spacial score (nSPS) is 10.6. The molecule has 1 amide bonds. The van der Waals surface area contributed by atoms with Crippen LogP contribution in [-0.4, -0.2) is 20.6 Å². The maximum Gasteiger partial charge on any atom is 0.291 e. The fourth-order valence-electron chi connectivity index (χ4n) is 2.25. The molecule has 9 heteroatoms. The Labute approximate surface area is 147 Å². The summed E-state index contributed by atoms with van der Waals surface area (Å²) in [6, 6.07) is 7.44. The van der Waals surface area contributed by atoms with E-state index in [1.54, 1.807) is 29.9 Å². The van der Waals surface area contributed by atoms with Crippen LogP contribution in [0.5, 0.6) is 0 Å². The van der Waals surface area contributed by atoms with Gasteiger partial charge in [0.15, 0.2) is 5.76 Å². The molecular formula is C16H13ClN4O4. The number of benzene rings is 1. The summed E-state index contributed by atoms with van der Waals surface area (Å²) in [5.41, 5.74) is 1.03.